The van der Waals surface area contributed by atoms with Gasteiger partial charge in [0.15, 0.2) is 0 Å². The van der Waals surface area contributed by atoms with E-state index in [1.165, 1.54) is 15.3 Å². The molecular weight excluding hydrogens is 304 g/mol. The molecule has 1 atom stereocenters. The van der Waals surface area contributed by atoms with E-state index in [4.69, 9.17) is 0 Å². The van der Waals surface area contributed by atoms with Gasteiger partial charge in [0.1, 0.15) is 0 Å². The number of nitrogens with zero attached hydrogens (tertiary/aromatic N) is 1. The summed E-state index contributed by atoms with van der Waals surface area (Å²) in [6.07, 6.45) is 4.19. The lowest BCUT2D eigenvalue weighted by Gasteiger charge is -2.32. The lowest BCUT2D eigenvalue weighted by atomic mass is 10.1. The highest BCUT2D eigenvalue weighted by Crippen LogP contribution is 2.34. The van der Waals surface area contributed by atoms with Gasteiger partial charge in [-0.05, 0) is 37.1 Å². The second-order valence-electron chi connectivity index (χ2n) is 5.65. The molecule has 0 radical (unpaired) electrons. The Labute approximate surface area is 141 Å². The molecule has 1 aromatic carbocycles. The monoisotopic (exact) mass is 326 g/mol. The van der Waals surface area contributed by atoms with Gasteiger partial charge in [-0.25, -0.2) is 4.79 Å². The molecule has 4 heteroatoms. The van der Waals surface area contributed by atoms with Crippen molar-refractivity contribution >= 4 is 17.4 Å². The number of hydrogen-bond donors (Lipinski definition) is 1. The molecule has 0 saturated heterocycles. The molecule has 1 aliphatic rings. The van der Waals surface area contributed by atoms with Crippen LogP contribution in [0.2, 0.25) is 0 Å². The summed E-state index contributed by atoms with van der Waals surface area (Å²) in [5.74, 6) is 0. The van der Waals surface area contributed by atoms with Crippen LogP contribution in [-0.2, 0) is 0 Å². The summed E-state index contributed by atoms with van der Waals surface area (Å²) in [4.78, 5) is 16.6. The standard InChI is InChI=1S/C19H22N2OS/c1-3-8-15-13-16(20-19(22)21(15)4-2)18-12-11-17(23-18)14-9-6-5-7-10-14/h5-7,9-13,16H,3-4,8H2,1-2H3,(H,20,22). The van der Waals surface area contributed by atoms with E-state index in [1.54, 1.807) is 11.3 Å². The van der Waals surface area contributed by atoms with Gasteiger partial charge in [0.25, 0.3) is 0 Å². The summed E-state index contributed by atoms with van der Waals surface area (Å²) in [5, 5.41) is 3.11. The maximum absolute atomic E-state index is 12.3. The molecule has 0 bridgehead atoms. The van der Waals surface area contributed by atoms with Crippen LogP contribution in [0.3, 0.4) is 0 Å². The minimum Gasteiger partial charge on any atom is -0.326 e. The maximum atomic E-state index is 12.3. The summed E-state index contributed by atoms with van der Waals surface area (Å²) in [7, 11) is 0. The minimum absolute atomic E-state index is 0.0121. The molecule has 0 aliphatic carbocycles. The number of urea groups is 1. The molecule has 0 spiro atoms. The van der Waals surface area contributed by atoms with Gasteiger partial charge in [0, 0.05) is 22.0 Å². The number of allylic oxidation sites excluding steroid dienone is 1. The predicted molar refractivity (Wildman–Crippen MR) is 96.4 cm³/mol. The van der Waals surface area contributed by atoms with Crippen molar-refractivity contribution in [2.75, 3.05) is 6.54 Å². The van der Waals surface area contributed by atoms with Gasteiger partial charge in [-0.15, -0.1) is 11.3 Å². The van der Waals surface area contributed by atoms with Gasteiger partial charge in [0.05, 0.1) is 6.04 Å². The van der Waals surface area contributed by atoms with E-state index in [0.717, 1.165) is 18.5 Å². The zero-order valence-corrected chi connectivity index (χ0v) is 14.4. The second kappa shape index (κ2) is 7.01. The van der Waals surface area contributed by atoms with Gasteiger partial charge >= 0.3 is 6.03 Å². The molecule has 120 valence electrons. The summed E-state index contributed by atoms with van der Waals surface area (Å²) < 4.78 is 0. The zero-order chi connectivity index (χ0) is 16.2. The van der Waals surface area contributed by atoms with Gasteiger partial charge in [0.2, 0.25) is 0 Å². The van der Waals surface area contributed by atoms with Crippen LogP contribution in [0.5, 0.6) is 0 Å². The Morgan fingerprint density at radius 1 is 1.13 bits per heavy atom. The average molecular weight is 326 g/mol. The Balaban J connectivity index is 1.88. The number of amides is 2. The summed E-state index contributed by atoms with van der Waals surface area (Å²) in [6, 6.07) is 14.6. The van der Waals surface area contributed by atoms with E-state index in [2.05, 4.69) is 54.7 Å². The number of rotatable bonds is 5. The first-order chi connectivity index (χ1) is 11.2. The maximum Gasteiger partial charge on any atom is 0.322 e. The smallest absolute Gasteiger partial charge is 0.322 e. The fraction of sp³-hybridized carbons (Fsp3) is 0.316. The van der Waals surface area contributed by atoms with Crippen molar-refractivity contribution in [3.8, 4) is 10.4 Å². The highest BCUT2D eigenvalue weighted by molar-refractivity contribution is 7.15. The zero-order valence-electron chi connectivity index (χ0n) is 13.6. The normalized spacial score (nSPS) is 17.8. The number of carbonyl (C=O) groups is 1. The molecule has 23 heavy (non-hydrogen) atoms. The number of benzene rings is 1. The summed E-state index contributed by atoms with van der Waals surface area (Å²) >= 11 is 1.75. The van der Waals surface area contributed by atoms with Crippen LogP contribution in [0.25, 0.3) is 10.4 Å². The highest BCUT2D eigenvalue weighted by Gasteiger charge is 2.26. The topological polar surface area (TPSA) is 32.3 Å². The lowest BCUT2D eigenvalue weighted by molar-refractivity contribution is 0.204. The lowest BCUT2D eigenvalue weighted by Crippen LogP contribution is -2.44. The van der Waals surface area contributed by atoms with Gasteiger partial charge < -0.3 is 5.32 Å². The van der Waals surface area contributed by atoms with Crippen LogP contribution in [0.4, 0.5) is 4.79 Å². The highest BCUT2D eigenvalue weighted by atomic mass is 32.1. The number of hydrogen-bond acceptors (Lipinski definition) is 2. The number of nitrogens with one attached hydrogen (secondary N) is 1. The largest absolute Gasteiger partial charge is 0.326 e. The number of carbonyl (C=O) groups excluding carboxylic acids is 1. The Bertz CT molecular complexity index is 705. The Kier molecular flexibility index (Phi) is 4.82. The van der Waals surface area contributed by atoms with Crippen LogP contribution in [-0.4, -0.2) is 17.5 Å². The van der Waals surface area contributed by atoms with Crippen molar-refractivity contribution in [3.05, 3.63) is 59.1 Å². The van der Waals surface area contributed by atoms with Crippen molar-refractivity contribution in [2.45, 2.75) is 32.7 Å². The molecule has 1 N–H and O–H groups in total. The Morgan fingerprint density at radius 2 is 1.91 bits per heavy atom. The van der Waals surface area contributed by atoms with Crippen LogP contribution < -0.4 is 5.32 Å². The van der Waals surface area contributed by atoms with Crippen molar-refractivity contribution < 1.29 is 4.79 Å². The fourth-order valence-electron chi connectivity index (χ4n) is 2.92. The quantitative estimate of drug-likeness (QED) is 0.806. The Hall–Kier alpha value is -2.07. The van der Waals surface area contributed by atoms with Gasteiger partial charge in [-0.1, -0.05) is 43.7 Å². The predicted octanol–water partition coefficient (Wildman–Crippen LogP) is 5.19. The summed E-state index contributed by atoms with van der Waals surface area (Å²) in [6.45, 7) is 4.88. The molecule has 3 nitrogen and oxygen atoms in total. The van der Waals surface area contributed by atoms with Crippen LogP contribution in [0.1, 0.15) is 37.6 Å². The van der Waals surface area contributed by atoms with E-state index in [0.29, 0.717) is 6.54 Å². The van der Waals surface area contributed by atoms with E-state index in [9.17, 15) is 4.79 Å². The van der Waals surface area contributed by atoms with Gasteiger partial charge in [-0.2, -0.15) is 0 Å². The average Bonchev–Trinajstić information content (AvgIpc) is 3.06. The fourth-order valence-corrected chi connectivity index (χ4v) is 3.95. The molecule has 1 unspecified atom stereocenters. The molecule has 2 heterocycles. The van der Waals surface area contributed by atoms with E-state index in [1.807, 2.05) is 17.9 Å². The molecule has 1 aliphatic heterocycles. The minimum atomic E-state index is -0.0192. The first-order valence-corrected chi connectivity index (χ1v) is 8.98. The number of thiophene rings is 1. The molecule has 0 saturated carbocycles. The second-order valence-corrected chi connectivity index (χ2v) is 6.76. The molecule has 2 aromatic rings. The van der Waals surface area contributed by atoms with Crippen molar-refractivity contribution in [3.63, 3.8) is 0 Å². The van der Waals surface area contributed by atoms with Crippen LogP contribution >= 0.6 is 11.3 Å². The van der Waals surface area contributed by atoms with Crippen LogP contribution in [0.15, 0.2) is 54.2 Å². The van der Waals surface area contributed by atoms with E-state index >= 15 is 0 Å². The molecule has 2 amide bonds. The van der Waals surface area contributed by atoms with Crippen molar-refractivity contribution in [1.82, 2.24) is 10.2 Å². The molecular formula is C19H22N2OS. The van der Waals surface area contributed by atoms with E-state index < -0.39 is 0 Å². The Morgan fingerprint density at radius 3 is 2.61 bits per heavy atom. The van der Waals surface area contributed by atoms with Crippen molar-refractivity contribution in [1.29, 1.82) is 0 Å². The first-order valence-electron chi connectivity index (χ1n) is 8.16. The van der Waals surface area contributed by atoms with Gasteiger partial charge in [-0.3, -0.25) is 4.90 Å². The SMILES string of the molecule is CCCC1=CC(c2ccc(-c3ccccc3)s2)NC(=O)N1CC. The van der Waals surface area contributed by atoms with E-state index in [-0.39, 0.29) is 12.1 Å². The molecule has 0 fully saturated rings. The van der Waals surface area contributed by atoms with Crippen LogP contribution in [0, 0.1) is 0 Å². The van der Waals surface area contributed by atoms with Crippen molar-refractivity contribution in [2.24, 2.45) is 0 Å². The first kappa shape index (κ1) is 15.8. The molecule has 3 rings (SSSR count). The third-order valence-electron chi connectivity index (χ3n) is 4.04. The summed E-state index contributed by atoms with van der Waals surface area (Å²) in [5.41, 5.74) is 2.36. The third-order valence-corrected chi connectivity index (χ3v) is 5.26. The third kappa shape index (κ3) is 3.32. The molecule has 1 aromatic heterocycles.